The van der Waals surface area contributed by atoms with Gasteiger partial charge in [0.2, 0.25) is 5.90 Å². The number of nitrogens with zero attached hydrogens (tertiary/aromatic N) is 1. The van der Waals surface area contributed by atoms with Gasteiger partial charge < -0.3 is 14.2 Å². The lowest BCUT2D eigenvalue weighted by Crippen LogP contribution is -2.06. The standard InChI is InChI=1S/C21H18Cl2INO4/c1-3-7-28-19-16(23)8-12(10-18(19)27-4-2)9-17-21(26)29-20(25-17)14-11-13(24)5-6-15(14)22/h5-6,8-11H,3-4,7H2,1-2H3/b17-9-. The number of hydrogen-bond acceptors (Lipinski definition) is 5. The molecule has 0 fully saturated rings. The number of rotatable bonds is 7. The van der Waals surface area contributed by atoms with E-state index >= 15 is 0 Å². The van der Waals surface area contributed by atoms with Gasteiger partial charge in [-0.05, 0) is 77.9 Å². The van der Waals surface area contributed by atoms with Crippen molar-refractivity contribution < 1.29 is 19.0 Å². The van der Waals surface area contributed by atoms with Gasteiger partial charge in [-0.2, -0.15) is 0 Å². The van der Waals surface area contributed by atoms with E-state index in [0.29, 0.717) is 45.9 Å². The van der Waals surface area contributed by atoms with Gasteiger partial charge in [-0.25, -0.2) is 9.79 Å². The molecule has 0 radical (unpaired) electrons. The highest BCUT2D eigenvalue weighted by Crippen LogP contribution is 2.38. The Kier molecular flexibility index (Phi) is 7.43. The number of halogens is 3. The molecule has 152 valence electrons. The van der Waals surface area contributed by atoms with Crippen LogP contribution in [0.25, 0.3) is 6.08 Å². The summed E-state index contributed by atoms with van der Waals surface area (Å²) in [4.78, 5) is 16.6. The number of ether oxygens (including phenoxy) is 3. The van der Waals surface area contributed by atoms with Gasteiger partial charge in [0.25, 0.3) is 0 Å². The minimum Gasteiger partial charge on any atom is -0.490 e. The monoisotopic (exact) mass is 545 g/mol. The Bertz CT molecular complexity index is 1000. The van der Waals surface area contributed by atoms with Crippen molar-refractivity contribution in [3.63, 3.8) is 0 Å². The molecule has 1 heterocycles. The second-order valence-electron chi connectivity index (χ2n) is 6.07. The lowest BCUT2D eigenvalue weighted by Gasteiger charge is -2.14. The van der Waals surface area contributed by atoms with E-state index in [4.69, 9.17) is 37.4 Å². The smallest absolute Gasteiger partial charge is 0.363 e. The molecule has 0 spiro atoms. The fraction of sp³-hybridized carbons (Fsp3) is 0.238. The summed E-state index contributed by atoms with van der Waals surface area (Å²) in [5.41, 5.74) is 1.36. The van der Waals surface area contributed by atoms with Crippen LogP contribution in [-0.4, -0.2) is 25.1 Å². The van der Waals surface area contributed by atoms with Crippen molar-refractivity contribution in [2.24, 2.45) is 4.99 Å². The molecule has 1 aliphatic heterocycles. The van der Waals surface area contributed by atoms with Crippen LogP contribution >= 0.6 is 45.8 Å². The van der Waals surface area contributed by atoms with Gasteiger partial charge in [-0.3, -0.25) is 0 Å². The molecular weight excluding hydrogens is 528 g/mol. The maximum Gasteiger partial charge on any atom is 0.363 e. The average Bonchev–Trinajstić information content (AvgIpc) is 3.03. The van der Waals surface area contributed by atoms with Crippen molar-refractivity contribution in [1.29, 1.82) is 0 Å². The number of cyclic esters (lactones) is 1. The number of carbonyl (C=O) groups is 1. The third-order valence-electron chi connectivity index (χ3n) is 3.86. The van der Waals surface area contributed by atoms with Crippen LogP contribution in [0.15, 0.2) is 41.0 Å². The first-order chi connectivity index (χ1) is 13.9. The molecule has 2 aromatic rings. The third kappa shape index (κ3) is 5.24. The summed E-state index contributed by atoms with van der Waals surface area (Å²) in [5, 5.41) is 0.852. The highest BCUT2D eigenvalue weighted by molar-refractivity contribution is 14.1. The lowest BCUT2D eigenvalue weighted by molar-refractivity contribution is -0.129. The van der Waals surface area contributed by atoms with Crippen LogP contribution < -0.4 is 9.47 Å². The normalized spacial score (nSPS) is 14.7. The van der Waals surface area contributed by atoms with Gasteiger partial charge in [-0.15, -0.1) is 0 Å². The highest BCUT2D eigenvalue weighted by atomic mass is 127. The van der Waals surface area contributed by atoms with Crippen molar-refractivity contribution in [3.05, 3.63) is 60.8 Å². The van der Waals surface area contributed by atoms with Crippen LogP contribution in [0.3, 0.4) is 0 Å². The largest absolute Gasteiger partial charge is 0.490 e. The summed E-state index contributed by atoms with van der Waals surface area (Å²) in [5.74, 6) is 0.608. The van der Waals surface area contributed by atoms with Crippen LogP contribution in [-0.2, 0) is 9.53 Å². The molecule has 0 bridgehead atoms. The van der Waals surface area contributed by atoms with Crippen LogP contribution in [0.5, 0.6) is 11.5 Å². The number of hydrogen-bond donors (Lipinski definition) is 0. The van der Waals surface area contributed by atoms with E-state index < -0.39 is 5.97 Å². The fourth-order valence-corrected chi connectivity index (χ4v) is 3.59. The van der Waals surface area contributed by atoms with Gasteiger partial charge in [0, 0.05) is 3.57 Å². The van der Waals surface area contributed by atoms with Crippen LogP contribution in [0.1, 0.15) is 31.4 Å². The molecule has 0 saturated carbocycles. The Morgan fingerprint density at radius 1 is 1.14 bits per heavy atom. The summed E-state index contributed by atoms with van der Waals surface area (Å²) in [7, 11) is 0. The Hall–Kier alpha value is -1.77. The first kappa shape index (κ1) is 21.9. The molecule has 0 amide bonds. The van der Waals surface area contributed by atoms with Crippen LogP contribution in [0, 0.1) is 3.57 Å². The first-order valence-corrected chi connectivity index (χ1v) is 10.8. The number of esters is 1. The lowest BCUT2D eigenvalue weighted by atomic mass is 10.1. The zero-order chi connectivity index (χ0) is 21.0. The van der Waals surface area contributed by atoms with E-state index in [1.807, 2.05) is 26.0 Å². The predicted octanol–water partition coefficient (Wildman–Crippen LogP) is 6.13. The molecule has 0 atom stereocenters. The number of carbonyl (C=O) groups excluding carboxylic acids is 1. The van der Waals surface area contributed by atoms with E-state index in [9.17, 15) is 4.79 Å². The van der Waals surface area contributed by atoms with Crippen molar-refractivity contribution in [1.82, 2.24) is 0 Å². The minimum absolute atomic E-state index is 0.149. The van der Waals surface area contributed by atoms with Gasteiger partial charge in [-0.1, -0.05) is 30.1 Å². The van der Waals surface area contributed by atoms with Crippen LogP contribution in [0.2, 0.25) is 10.0 Å². The molecule has 2 aromatic carbocycles. The molecule has 0 aliphatic carbocycles. The zero-order valence-electron chi connectivity index (χ0n) is 15.8. The molecule has 0 aromatic heterocycles. The molecule has 0 N–H and O–H groups in total. The number of aliphatic imine (C=N–C) groups is 1. The topological polar surface area (TPSA) is 57.1 Å². The molecule has 29 heavy (non-hydrogen) atoms. The fourth-order valence-electron chi connectivity index (χ4n) is 2.62. The first-order valence-electron chi connectivity index (χ1n) is 9.00. The predicted molar refractivity (Wildman–Crippen MR) is 123 cm³/mol. The van der Waals surface area contributed by atoms with E-state index in [1.165, 1.54) is 0 Å². The van der Waals surface area contributed by atoms with Gasteiger partial charge in [0.15, 0.2) is 17.2 Å². The molecule has 0 unspecified atom stereocenters. The van der Waals surface area contributed by atoms with E-state index in [1.54, 1.807) is 24.3 Å². The van der Waals surface area contributed by atoms with Crippen molar-refractivity contribution in [2.75, 3.05) is 13.2 Å². The minimum atomic E-state index is -0.560. The summed E-state index contributed by atoms with van der Waals surface area (Å²) < 4.78 is 17.6. The molecular formula is C21H18Cl2INO4. The summed E-state index contributed by atoms with van der Waals surface area (Å²) in [6.45, 7) is 4.86. The molecule has 1 aliphatic rings. The van der Waals surface area contributed by atoms with Gasteiger partial charge in [0.05, 0.1) is 28.8 Å². The quantitative estimate of drug-likeness (QED) is 0.238. The van der Waals surface area contributed by atoms with Crippen molar-refractivity contribution in [3.8, 4) is 11.5 Å². The van der Waals surface area contributed by atoms with Gasteiger partial charge >= 0.3 is 5.97 Å². The SMILES string of the molecule is CCCOc1c(Cl)cc(/C=C2\N=C(c3cc(I)ccc3Cl)OC2=O)cc1OCC. The maximum absolute atomic E-state index is 12.3. The van der Waals surface area contributed by atoms with Crippen molar-refractivity contribution >= 4 is 63.7 Å². The molecule has 5 nitrogen and oxygen atoms in total. The second-order valence-corrected chi connectivity index (χ2v) is 8.13. The van der Waals surface area contributed by atoms with Gasteiger partial charge in [0.1, 0.15) is 0 Å². The number of benzene rings is 2. The molecule has 0 saturated heterocycles. The van der Waals surface area contributed by atoms with E-state index in [2.05, 4.69) is 27.6 Å². The Morgan fingerprint density at radius 2 is 1.93 bits per heavy atom. The summed E-state index contributed by atoms with van der Waals surface area (Å²) >= 11 is 14.8. The molecule has 3 rings (SSSR count). The Balaban J connectivity index is 1.97. The Morgan fingerprint density at radius 3 is 2.66 bits per heavy atom. The zero-order valence-corrected chi connectivity index (χ0v) is 19.5. The van der Waals surface area contributed by atoms with E-state index in [0.717, 1.165) is 9.99 Å². The van der Waals surface area contributed by atoms with Crippen molar-refractivity contribution in [2.45, 2.75) is 20.3 Å². The second kappa shape index (κ2) is 9.82. The molecule has 8 heteroatoms. The Labute approximate surface area is 192 Å². The maximum atomic E-state index is 12.3. The average molecular weight is 546 g/mol. The highest BCUT2D eigenvalue weighted by Gasteiger charge is 2.26. The summed E-state index contributed by atoms with van der Waals surface area (Å²) in [6, 6.07) is 8.86. The third-order valence-corrected chi connectivity index (χ3v) is 5.15. The van der Waals surface area contributed by atoms with E-state index in [-0.39, 0.29) is 11.6 Å². The van der Waals surface area contributed by atoms with Crippen LogP contribution in [0.4, 0.5) is 0 Å². The summed E-state index contributed by atoms with van der Waals surface area (Å²) in [6.07, 6.45) is 2.44.